The standard InChI is InChI=1S/C8H11N3O3/c1-3-11-6(9)5(4-12)7(13)10(2)8(11)14/h4H,3,9H2,1-2H3. The van der Waals surface area contributed by atoms with Crippen LogP contribution in [0, 0.1) is 0 Å². The Bertz CT molecular complexity index is 484. The van der Waals surface area contributed by atoms with Crippen LogP contribution in [0.3, 0.4) is 0 Å². The summed E-state index contributed by atoms with van der Waals surface area (Å²) in [5, 5.41) is 0. The van der Waals surface area contributed by atoms with E-state index in [9.17, 15) is 14.4 Å². The van der Waals surface area contributed by atoms with Crippen LogP contribution < -0.4 is 17.0 Å². The summed E-state index contributed by atoms with van der Waals surface area (Å²) in [6.45, 7) is 2.02. The number of hydrogen-bond donors (Lipinski definition) is 1. The minimum absolute atomic E-state index is 0.0735. The summed E-state index contributed by atoms with van der Waals surface area (Å²) in [5.74, 6) is -0.0735. The van der Waals surface area contributed by atoms with Crippen molar-refractivity contribution in [3.8, 4) is 0 Å². The Kier molecular flexibility index (Phi) is 2.55. The van der Waals surface area contributed by atoms with E-state index in [-0.39, 0.29) is 11.4 Å². The molecule has 0 aromatic carbocycles. The van der Waals surface area contributed by atoms with E-state index in [0.29, 0.717) is 12.8 Å². The van der Waals surface area contributed by atoms with Crippen LogP contribution in [0.1, 0.15) is 17.3 Å². The first-order chi connectivity index (χ1) is 6.54. The highest BCUT2D eigenvalue weighted by atomic mass is 16.2. The molecule has 0 aliphatic heterocycles. The minimum Gasteiger partial charge on any atom is -0.384 e. The predicted octanol–water partition coefficient (Wildman–Crippen LogP) is -1.04. The molecule has 0 spiro atoms. The average molecular weight is 197 g/mol. The summed E-state index contributed by atoms with van der Waals surface area (Å²) < 4.78 is 2.04. The van der Waals surface area contributed by atoms with E-state index in [1.54, 1.807) is 6.92 Å². The summed E-state index contributed by atoms with van der Waals surface area (Å²) in [7, 11) is 1.31. The molecule has 1 heterocycles. The van der Waals surface area contributed by atoms with Crippen LogP contribution in [0.2, 0.25) is 0 Å². The number of aldehydes is 1. The molecule has 0 saturated heterocycles. The van der Waals surface area contributed by atoms with Gasteiger partial charge in [-0.25, -0.2) is 4.79 Å². The van der Waals surface area contributed by atoms with Crippen molar-refractivity contribution in [1.82, 2.24) is 9.13 Å². The molecule has 0 bridgehead atoms. The lowest BCUT2D eigenvalue weighted by molar-refractivity contribution is 0.112. The molecule has 0 aliphatic carbocycles. The number of rotatable bonds is 2. The topological polar surface area (TPSA) is 87.1 Å². The van der Waals surface area contributed by atoms with Gasteiger partial charge in [-0.15, -0.1) is 0 Å². The highest BCUT2D eigenvalue weighted by molar-refractivity contribution is 5.80. The van der Waals surface area contributed by atoms with Crippen molar-refractivity contribution in [2.75, 3.05) is 5.73 Å². The van der Waals surface area contributed by atoms with Crippen LogP contribution in [0.25, 0.3) is 0 Å². The molecule has 14 heavy (non-hydrogen) atoms. The fourth-order valence-electron chi connectivity index (χ4n) is 1.22. The lowest BCUT2D eigenvalue weighted by Crippen LogP contribution is -2.41. The Labute approximate surface area is 79.6 Å². The van der Waals surface area contributed by atoms with Gasteiger partial charge in [-0.1, -0.05) is 0 Å². The van der Waals surface area contributed by atoms with E-state index in [2.05, 4.69) is 0 Å². The second kappa shape index (κ2) is 3.49. The van der Waals surface area contributed by atoms with Gasteiger partial charge in [0.25, 0.3) is 5.56 Å². The second-order valence-corrected chi connectivity index (χ2v) is 2.81. The number of hydrogen-bond acceptors (Lipinski definition) is 4. The molecule has 0 unspecified atom stereocenters. The quantitative estimate of drug-likeness (QED) is 0.613. The highest BCUT2D eigenvalue weighted by Crippen LogP contribution is 2.00. The summed E-state index contributed by atoms with van der Waals surface area (Å²) >= 11 is 0. The molecule has 1 aromatic rings. The third-order valence-electron chi connectivity index (χ3n) is 2.05. The highest BCUT2D eigenvalue weighted by Gasteiger charge is 2.12. The number of anilines is 1. The Balaban J connectivity index is 3.83. The molecule has 0 aliphatic rings. The van der Waals surface area contributed by atoms with Crippen LogP contribution >= 0.6 is 0 Å². The van der Waals surface area contributed by atoms with E-state index in [1.165, 1.54) is 11.6 Å². The van der Waals surface area contributed by atoms with Crippen LogP contribution in [0.4, 0.5) is 5.82 Å². The number of carbonyl (C=O) groups is 1. The molecule has 6 heteroatoms. The van der Waals surface area contributed by atoms with Crippen molar-refractivity contribution in [2.45, 2.75) is 13.5 Å². The first-order valence-corrected chi connectivity index (χ1v) is 4.09. The molecule has 76 valence electrons. The minimum atomic E-state index is -0.660. The third kappa shape index (κ3) is 1.24. The fraction of sp³-hybridized carbons (Fsp3) is 0.375. The molecule has 0 fully saturated rings. The maximum atomic E-state index is 11.4. The summed E-state index contributed by atoms with van der Waals surface area (Å²) in [6, 6.07) is 0. The summed E-state index contributed by atoms with van der Waals surface area (Å²) in [4.78, 5) is 33.4. The van der Waals surface area contributed by atoms with Crippen molar-refractivity contribution in [2.24, 2.45) is 7.05 Å². The van der Waals surface area contributed by atoms with Crippen LogP contribution in [0.5, 0.6) is 0 Å². The van der Waals surface area contributed by atoms with Crippen molar-refractivity contribution < 1.29 is 4.79 Å². The van der Waals surface area contributed by atoms with Gasteiger partial charge in [0.05, 0.1) is 0 Å². The largest absolute Gasteiger partial charge is 0.384 e. The van der Waals surface area contributed by atoms with Crippen molar-refractivity contribution in [3.63, 3.8) is 0 Å². The fourth-order valence-corrected chi connectivity index (χ4v) is 1.22. The molecule has 1 aromatic heterocycles. The van der Waals surface area contributed by atoms with E-state index in [0.717, 1.165) is 4.57 Å². The molecule has 0 atom stereocenters. The zero-order valence-corrected chi connectivity index (χ0v) is 7.98. The van der Waals surface area contributed by atoms with Gasteiger partial charge in [0, 0.05) is 13.6 Å². The summed E-state index contributed by atoms with van der Waals surface area (Å²) in [6.07, 6.45) is 0.364. The van der Waals surface area contributed by atoms with Crippen LogP contribution in [-0.2, 0) is 13.6 Å². The zero-order chi connectivity index (χ0) is 10.9. The van der Waals surface area contributed by atoms with Crippen molar-refractivity contribution >= 4 is 12.1 Å². The molecule has 2 N–H and O–H groups in total. The maximum absolute atomic E-state index is 11.4. The van der Waals surface area contributed by atoms with Gasteiger partial charge in [0.2, 0.25) is 0 Å². The van der Waals surface area contributed by atoms with E-state index >= 15 is 0 Å². The Hall–Kier alpha value is -1.85. The predicted molar refractivity (Wildman–Crippen MR) is 51.4 cm³/mol. The molecule has 1 rings (SSSR count). The lowest BCUT2D eigenvalue weighted by atomic mass is 10.3. The average Bonchev–Trinajstić information content (AvgIpc) is 2.16. The second-order valence-electron chi connectivity index (χ2n) is 2.81. The lowest BCUT2D eigenvalue weighted by Gasteiger charge is -2.09. The molecule has 0 amide bonds. The van der Waals surface area contributed by atoms with Gasteiger partial charge in [-0.05, 0) is 6.92 Å². The number of carbonyl (C=O) groups excluding carboxylic acids is 1. The smallest absolute Gasteiger partial charge is 0.332 e. The van der Waals surface area contributed by atoms with Gasteiger partial charge in [0.1, 0.15) is 11.4 Å². The van der Waals surface area contributed by atoms with Gasteiger partial charge >= 0.3 is 5.69 Å². The SMILES string of the molecule is CCn1c(N)c(C=O)c(=O)n(C)c1=O. The number of aromatic nitrogens is 2. The number of nitrogen functional groups attached to an aromatic ring is 1. The van der Waals surface area contributed by atoms with Crippen LogP contribution in [-0.4, -0.2) is 15.4 Å². The van der Waals surface area contributed by atoms with Crippen molar-refractivity contribution in [1.29, 1.82) is 0 Å². The maximum Gasteiger partial charge on any atom is 0.332 e. The molecular weight excluding hydrogens is 186 g/mol. The Morgan fingerprint density at radius 2 is 2.00 bits per heavy atom. The number of nitrogens with two attached hydrogens (primary N) is 1. The Morgan fingerprint density at radius 3 is 2.43 bits per heavy atom. The normalized spacial score (nSPS) is 10.1. The molecule has 0 radical (unpaired) electrons. The van der Waals surface area contributed by atoms with Crippen LogP contribution in [0.15, 0.2) is 9.59 Å². The monoisotopic (exact) mass is 197 g/mol. The third-order valence-corrected chi connectivity index (χ3v) is 2.05. The first-order valence-electron chi connectivity index (χ1n) is 4.09. The van der Waals surface area contributed by atoms with Crippen molar-refractivity contribution in [3.05, 3.63) is 26.4 Å². The Morgan fingerprint density at radius 1 is 1.43 bits per heavy atom. The molecular formula is C8H11N3O3. The van der Waals surface area contributed by atoms with Gasteiger partial charge in [-0.3, -0.25) is 18.7 Å². The summed E-state index contributed by atoms with van der Waals surface area (Å²) in [5.41, 5.74) is 4.15. The van der Waals surface area contributed by atoms with Gasteiger partial charge in [-0.2, -0.15) is 0 Å². The van der Waals surface area contributed by atoms with E-state index in [4.69, 9.17) is 5.73 Å². The molecule has 6 nitrogen and oxygen atoms in total. The first kappa shape index (κ1) is 10.2. The number of nitrogens with zero attached hydrogens (tertiary/aromatic N) is 2. The van der Waals surface area contributed by atoms with Gasteiger partial charge in [0.15, 0.2) is 6.29 Å². The van der Waals surface area contributed by atoms with Gasteiger partial charge < -0.3 is 5.73 Å². The van der Waals surface area contributed by atoms with E-state index < -0.39 is 11.2 Å². The zero-order valence-electron chi connectivity index (χ0n) is 7.98. The molecule has 0 saturated carbocycles. The van der Waals surface area contributed by atoms with E-state index in [1.807, 2.05) is 0 Å².